The summed E-state index contributed by atoms with van der Waals surface area (Å²) in [5.41, 5.74) is 2.43. The van der Waals surface area contributed by atoms with Gasteiger partial charge in [0.25, 0.3) is 5.89 Å². The summed E-state index contributed by atoms with van der Waals surface area (Å²) in [4.78, 5) is 4.26. The summed E-state index contributed by atoms with van der Waals surface area (Å²) in [6, 6.07) is 0. The molecule has 2 atom stereocenters. The number of aromatic nitrogens is 4. The standard InChI is InChI=1S/C17H27N5O2/c1-11-19-16(24-21-11)14-7-6-13(23-14)9-18-8-12-10-22(5)20-15(12)17(2,3)4/h10,13-14,18H,6-9H2,1-5H3/t13-,14+/m1/s1. The largest absolute Gasteiger partial charge is 0.364 e. The van der Waals surface area contributed by atoms with Gasteiger partial charge in [0.15, 0.2) is 5.82 Å². The Labute approximate surface area is 142 Å². The lowest BCUT2D eigenvalue weighted by Crippen LogP contribution is -2.27. The molecule has 0 aromatic carbocycles. The molecule has 0 saturated carbocycles. The smallest absolute Gasteiger partial charge is 0.255 e. The molecule has 0 bridgehead atoms. The van der Waals surface area contributed by atoms with Gasteiger partial charge >= 0.3 is 0 Å². The average molecular weight is 333 g/mol. The first-order chi connectivity index (χ1) is 11.3. The number of rotatable bonds is 5. The third-order valence-electron chi connectivity index (χ3n) is 4.23. The van der Waals surface area contributed by atoms with E-state index in [1.807, 2.05) is 18.7 Å². The van der Waals surface area contributed by atoms with Gasteiger partial charge in [-0.1, -0.05) is 25.9 Å². The van der Waals surface area contributed by atoms with Gasteiger partial charge in [0, 0.05) is 37.3 Å². The first-order valence-electron chi connectivity index (χ1n) is 8.52. The molecule has 1 aliphatic rings. The number of nitrogens with zero attached hydrogens (tertiary/aromatic N) is 4. The second kappa shape index (κ2) is 6.64. The van der Waals surface area contributed by atoms with E-state index in [2.05, 4.69) is 47.5 Å². The molecule has 3 heterocycles. The summed E-state index contributed by atoms with van der Waals surface area (Å²) in [5.74, 6) is 1.25. The monoisotopic (exact) mass is 333 g/mol. The van der Waals surface area contributed by atoms with Crippen molar-refractivity contribution >= 4 is 0 Å². The van der Waals surface area contributed by atoms with Crippen LogP contribution in [0.4, 0.5) is 0 Å². The number of ether oxygens (including phenoxy) is 1. The van der Waals surface area contributed by atoms with Crippen LogP contribution in [0, 0.1) is 6.92 Å². The fourth-order valence-corrected chi connectivity index (χ4v) is 3.15. The van der Waals surface area contributed by atoms with Crippen LogP contribution in [0.25, 0.3) is 0 Å². The minimum Gasteiger partial charge on any atom is -0.364 e. The Morgan fingerprint density at radius 1 is 1.33 bits per heavy atom. The van der Waals surface area contributed by atoms with Crippen molar-refractivity contribution in [2.24, 2.45) is 7.05 Å². The molecule has 2 aromatic rings. The summed E-state index contributed by atoms with van der Waals surface area (Å²) in [5, 5.41) is 11.9. The topological polar surface area (TPSA) is 78.0 Å². The van der Waals surface area contributed by atoms with Gasteiger partial charge in [0.05, 0.1) is 11.8 Å². The molecular weight excluding hydrogens is 306 g/mol. The molecule has 1 saturated heterocycles. The lowest BCUT2D eigenvalue weighted by molar-refractivity contribution is 0.0264. The van der Waals surface area contributed by atoms with Crippen molar-refractivity contribution in [3.63, 3.8) is 0 Å². The van der Waals surface area contributed by atoms with E-state index in [1.165, 1.54) is 5.56 Å². The van der Waals surface area contributed by atoms with Crippen molar-refractivity contribution in [3.8, 4) is 0 Å². The van der Waals surface area contributed by atoms with Crippen molar-refractivity contribution < 1.29 is 9.26 Å². The highest BCUT2D eigenvalue weighted by atomic mass is 16.5. The fourth-order valence-electron chi connectivity index (χ4n) is 3.15. The van der Waals surface area contributed by atoms with Crippen molar-refractivity contribution in [2.75, 3.05) is 6.54 Å². The van der Waals surface area contributed by atoms with E-state index < -0.39 is 0 Å². The number of hydrogen-bond donors (Lipinski definition) is 1. The van der Waals surface area contributed by atoms with Gasteiger partial charge < -0.3 is 14.6 Å². The van der Waals surface area contributed by atoms with E-state index in [-0.39, 0.29) is 17.6 Å². The van der Waals surface area contributed by atoms with E-state index in [4.69, 9.17) is 9.26 Å². The molecule has 0 spiro atoms. The summed E-state index contributed by atoms with van der Waals surface area (Å²) in [6.45, 7) is 10.00. The molecule has 0 unspecified atom stereocenters. The molecule has 7 nitrogen and oxygen atoms in total. The van der Waals surface area contributed by atoms with E-state index in [0.29, 0.717) is 11.7 Å². The van der Waals surface area contributed by atoms with Gasteiger partial charge in [0.1, 0.15) is 6.10 Å². The maximum absolute atomic E-state index is 6.02. The first kappa shape index (κ1) is 17.1. The Hall–Kier alpha value is -1.73. The van der Waals surface area contributed by atoms with Crippen LogP contribution in [0.15, 0.2) is 10.7 Å². The molecule has 1 fully saturated rings. The lowest BCUT2D eigenvalue weighted by Gasteiger charge is -2.18. The minimum atomic E-state index is -0.0680. The van der Waals surface area contributed by atoms with Crippen LogP contribution in [0.5, 0.6) is 0 Å². The van der Waals surface area contributed by atoms with Gasteiger partial charge in [-0.2, -0.15) is 10.1 Å². The first-order valence-corrected chi connectivity index (χ1v) is 8.52. The predicted octanol–water partition coefficient (Wildman–Crippen LogP) is 2.42. The molecule has 1 aliphatic heterocycles. The quantitative estimate of drug-likeness (QED) is 0.905. The van der Waals surface area contributed by atoms with Crippen molar-refractivity contribution in [1.82, 2.24) is 25.2 Å². The zero-order valence-corrected chi connectivity index (χ0v) is 15.2. The van der Waals surface area contributed by atoms with Crippen molar-refractivity contribution in [3.05, 3.63) is 29.2 Å². The summed E-state index contributed by atoms with van der Waals surface area (Å²) < 4.78 is 13.1. The molecule has 24 heavy (non-hydrogen) atoms. The summed E-state index contributed by atoms with van der Waals surface area (Å²) in [7, 11) is 1.97. The fraction of sp³-hybridized carbons (Fsp3) is 0.706. The third kappa shape index (κ3) is 3.84. The second-order valence-corrected chi connectivity index (χ2v) is 7.56. The third-order valence-corrected chi connectivity index (χ3v) is 4.23. The predicted molar refractivity (Wildman–Crippen MR) is 89.5 cm³/mol. The highest BCUT2D eigenvalue weighted by Crippen LogP contribution is 2.31. The van der Waals surface area contributed by atoms with Gasteiger partial charge in [-0.25, -0.2) is 0 Å². The van der Waals surface area contributed by atoms with E-state index >= 15 is 0 Å². The number of nitrogens with one attached hydrogen (secondary N) is 1. The highest BCUT2D eigenvalue weighted by Gasteiger charge is 2.30. The van der Waals surface area contributed by atoms with E-state index in [1.54, 1.807) is 0 Å². The molecule has 0 amide bonds. The maximum atomic E-state index is 6.02. The van der Waals surface area contributed by atoms with Crippen LogP contribution >= 0.6 is 0 Å². The number of aryl methyl sites for hydroxylation is 2. The van der Waals surface area contributed by atoms with Crippen molar-refractivity contribution in [2.45, 2.75) is 64.7 Å². The normalized spacial score (nSPS) is 21.5. The van der Waals surface area contributed by atoms with Crippen molar-refractivity contribution in [1.29, 1.82) is 0 Å². The summed E-state index contributed by atoms with van der Waals surface area (Å²) >= 11 is 0. The molecule has 0 radical (unpaired) electrons. The zero-order chi connectivity index (χ0) is 17.3. The molecule has 7 heteroatoms. The molecule has 3 rings (SSSR count). The van der Waals surface area contributed by atoms with E-state index in [0.717, 1.165) is 31.6 Å². The highest BCUT2D eigenvalue weighted by molar-refractivity contribution is 5.23. The van der Waals surface area contributed by atoms with Crippen LogP contribution in [-0.2, 0) is 23.7 Å². The molecule has 0 aliphatic carbocycles. The summed E-state index contributed by atoms with van der Waals surface area (Å²) in [6.07, 6.45) is 4.12. The number of hydrogen-bond acceptors (Lipinski definition) is 6. The Bertz CT molecular complexity index is 685. The van der Waals surface area contributed by atoms with Crippen LogP contribution in [-0.4, -0.2) is 32.6 Å². The van der Waals surface area contributed by atoms with Gasteiger partial charge in [-0.15, -0.1) is 0 Å². The average Bonchev–Trinajstić information content (AvgIpc) is 3.18. The molecule has 132 valence electrons. The van der Waals surface area contributed by atoms with Crippen LogP contribution in [0.3, 0.4) is 0 Å². The Kier molecular flexibility index (Phi) is 4.73. The molecular formula is C17H27N5O2. The Morgan fingerprint density at radius 2 is 2.12 bits per heavy atom. The second-order valence-electron chi connectivity index (χ2n) is 7.56. The Balaban J connectivity index is 1.51. The zero-order valence-electron chi connectivity index (χ0n) is 15.2. The van der Waals surface area contributed by atoms with E-state index in [9.17, 15) is 0 Å². The maximum Gasteiger partial charge on any atom is 0.255 e. The van der Waals surface area contributed by atoms with Crippen LogP contribution in [0.2, 0.25) is 0 Å². The SMILES string of the molecule is Cc1noc([C@@H]2CC[C@H](CNCc3cn(C)nc3C(C)(C)C)O2)n1. The van der Waals surface area contributed by atoms with Crippen LogP contribution < -0.4 is 5.32 Å². The van der Waals surface area contributed by atoms with Gasteiger partial charge in [0.2, 0.25) is 0 Å². The van der Waals surface area contributed by atoms with Gasteiger partial charge in [-0.05, 0) is 19.8 Å². The van der Waals surface area contributed by atoms with Crippen LogP contribution in [0.1, 0.15) is 62.7 Å². The Morgan fingerprint density at radius 3 is 2.79 bits per heavy atom. The minimum absolute atomic E-state index is 0.0447. The lowest BCUT2D eigenvalue weighted by atomic mass is 9.89. The molecule has 2 aromatic heterocycles. The molecule has 1 N–H and O–H groups in total. The van der Waals surface area contributed by atoms with Gasteiger partial charge in [-0.3, -0.25) is 4.68 Å².